The van der Waals surface area contributed by atoms with Crippen molar-refractivity contribution in [3.8, 4) is 0 Å². The topological polar surface area (TPSA) is 50.5 Å². The smallest absolute Gasteiger partial charge is 0.0608 e. The highest BCUT2D eigenvalue weighted by atomic mass is 16.5. The molecule has 0 spiro atoms. The minimum absolute atomic E-state index is 0.157. The van der Waals surface area contributed by atoms with Crippen LogP contribution in [-0.4, -0.2) is 43.4 Å². The molecule has 0 aromatic carbocycles. The van der Waals surface area contributed by atoms with Crippen molar-refractivity contribution in [2.45, 2.75) is 38.1 Å². The van der Waals surface area contributed by atoms with E-state index in [1.165, 1.54) is 25.7 Å². The van der Waals surface area contributed by atoms with Crippen LogP contribution in [0.4, 0.5) is 0 Å². The molecule has 1 aliphatic heterocycles. The number of nitrogens with two attached hydrogens (primary N) is 1. The number of hydrazine groups is 1. The van der Waals surface area contributed by atoms with Crippen LogP contribution in [0.15, 0.2) is 0 Å². The Bertz CT molecular complexity index is 208. The summed E-state index contributed by atoms with van der Waals surface area (Å²) in [6, 6.07) is 0. The average molecular weight is 227 g/mol. The molecule has 2 rings (SSSR count). The summed E-state index contributed by atoms with van der Waals surface area (Å²) in [6.45, 7) is 6.73. The van der Waals surface area contributed by atoms with Crippen LogP contribution >= 0.6 is 0 Å². The van der Waals surface area contributed by atoms with E-state index in [0.717, 1.165) is 38.8 Å². The fourth-order valence-corrected chi connectivity index (χ4v) is 2.69. The van der Waals surface area contributed by atoms with Gasteiger partial charge in [0.25, 0.3) is 0 Å². The van der Waals surface area contributed by atoms with Crippen molar-refractivity contribution < 1.29 is 4.74 Å². The largest absolute Gasteiger partial charge is 0.379 e. The van der Waals surface area contributed by atoms with Crippen molar-refractivity contribution in [3.05, 3.63) is 0 Å². The zero-order valence-corrected chi connectivity index (χ0v) is 10.4. The molecule has 0 atom stereocenters. The zero-order chi connectivity index (χ0) is 11.4. The molecule has 4 nitrogen and oxygen atoms in total. The standard InChI is InChI=1S/C12H25N3O/c1-11-2-4-12(10-13,5-3-11)14-15-6-8-16-9-7-15/h11,14H,2-10,13H2,1H3. The predicted molar refractivity (Wildman–Crippen MR) is 64.9 cm³/mol. The zero-order valence-electron chi connectivity index (χ0n) is 10.4. The van der Waals surface area contributed by atoms with Gasteiger partial charge in [-0.3, -0.25) is 0 Å². The Morgan fingerprint density at radius 1 is 1.31 bits per heavy atom. The van der Waals surface area contributed by atoms with Gasteiger partial charge >= 0.3 is 0 Å². The van der Waals surface area contributed by atoms with Gasteiger partial charge in [0.2, 0.25) is 0 Å². The summed E-state index contributed by atoms with van der Waals surface area (Å²) in [6.07, 6.45) is 5.02. The van der Waals surface area contributed by atoms with Gasteiger partial charge in [-0.1, -0.05) is 6.92 Å². The number of hydrogen-bond acceptors (Lipinski definition) is 4. The third kappa shape index (κ3) is 2.94. The highest BCUT2D eigenvalue weighted by Crippen LogP contribution is 2.31. The van der Waals surface area contributed by atoms with E-state index < -0.39 is 0 Å². The van der Waals surface area contributed by atoms with Crippen LogP contribution in [0.5, 0.6) is 0 Å². The van der Waals surface area contributed by atoms with Gasteiger partial charge in [0.1, 0.15) is 0 Å². The van der Waals surface area contributed by atoms with Crippen LogP contribution in [0.1, 0.15) is 32.6 Å². The molecule has 1 saturated carbocycles. The minimum Gasteiger partial charge on any atom is -0.379 e. The Morgan fingerprint density at radius 2 is 1.94 bits per heavy atom. The van der Waals surface area contributed by atoms with E-state index in [9.17, 15) is 0 Å². The molecular weight excluding hydrogens is 202 g/mol. The quantitative estimate of drug-likeness (QED) is 0.746. The molecule has 0 unspecified atom stereocenters. The van der Waals surface area contributed by atoms with Crippen molar-refractivity contribution in [1.82, 2.24) is 10.4 Å². The van der Waals surface area contributed by atoms with Gasteiger partial charge in [-0.05, 0) is 31.6 Å². The number of hydrogen-bond donors (Lipinski definition) is 2. The van der Waals surface area contributed by atoms with Crippen molar-refractivity contribution >= 4 is 0 Å². The average Bonchev–Trinajstić information content (AvgIpc) is 2.34. The maximum Gasteiger partial charge on any atom is 0.0608 e. The van der Waals surface area contributed by atoms with Crippen LogP contribution in [0, 0.1) is 5.92 Å². The maximum atomic E-state index is 5.98. The fraction of sp³-hybridized carbons (Fsp3) is 1.00. The first-order valence-corrected chi connectivity index (χ1v) is 6.55. The molecule has 0 aromatic heterocycles. The molecule has 0 aromatic rings. The lowest BCUT2D eigenvalue weighted by molar-refractivity contribution is -0.0208. The van der Waals surface area contributed by atoms with Gasteiger partial charge in [-0.15, -0.1) is 0 Å². The Morgan fingerprint density at radius 3 is 2.50 bits per heavy atom. The summed E-state index contributed by atoms with van der Waals surface area (Å²) in [5.74, 6) is 0.867. The van der Waals surface area contributed by atoms with Gasteiger partial charge < -0.3 is 10.5 Å². The second-order valence-corrected chi connectivity index (χ2v) is 5.38. The predicted octanol–water partition coefficient (Wildman–Crippen LogP) is 0.731. The lowest BCUT2D eigenvalue weighted by Crippen LogP contribution is -2.61. The molecule has 1 heterocycles. The van der Waals surface area contributed by atoms with E-state index in [0.29, 0.717) is 0 Å². The second kappa shape index (κ2) is 5.45. The van der Waals surface area contributed by atoms with Crippen LogP contribution in [-0.2, 0) is 4.74 Å². The number of nitrogens with zero attached hydrogens (tertiary/aromatic N) is 1. The monoisotopic (exact) mass is 227 g/mol. The molecule has 16 heavy (non-hydrogen) atoms. The van der Waals surface area contributed by atoms with E-state index >= 15 is 0 Å². The lowest BCUT2D eigenvalue weighted by Gasteiger charge is -2.44. The Hall–Kier alpha value is -0.160. The highest BCUT2D eigenvalue weighted by molar-refractivity contribution is 4.92. The number of ether oxygens (including phenoxy) is 1. The normalized spacial score (nSPS) is 37.5. The number of rotatable bonds is 3. The fourth-order valence-electron chi connectivity index (χ4n) is 2.69. The van der Waals surface area contributed by atoms with Gasteiger partial charge in [0, 0.05) is 25.2 Å². The Balaban J connectivity index is 1.88. The minimum atomic E-state index is 0.157. The van der Waals surface area contributed by atoms with Gasteiger partial charge in [0.15, 0.2) is 0 Å². The molecule has 2 aliphatic rings. The summed E-state index contributed by atoms with van der Waals surface area (Å²) in [5.41, 5.74) is 9.81. The molecule has 3 N–H and O–H groups in total. The van der Waals surface area contributed by atoms with Gasteiger partial charge in [0.05, 0.1) is 13.2 Å². The molecule has 0 bridgehead atoms. The lowest BCUT2D eigenvalue weighted by atomic mass is 9.77. The Kier molecular flexibility index (Phi) is 4.19. The third-order valence-electron chi connectivity index (χ3n) is 4.03. The molecule has 0 radical (unpaired) electrons. The first-order valence-electron chi connectivity index (χ1n) is 6.55. The van der Waals surface area contributed by atoms with Crippen molar-refractivity contribution in [2.24, 2.45) is 11.7 Å². The summed E-state index contributed by atoms with van der Waals surface area (Å²) in [4.78, 5) is 0. The highest BCUT2D eigenvalue weighted by Gasteiger charge is 2.34. The van der Waals surface area contributed by atoms with E-state index in [2.05, 4.69) is 17.4 Å². The summed E-state index contributed by atoms with van der Waals surface area (Å²) >= 11 is 0. The second-order valence-electron chi connectivity index (χ2n) is 5.38. The van der Waals surface area contributed by atoms with Crippen LogP contribution in [0.3, 0.4) is 0 Å². The molecule has 1 saturated heterocycles. The van der Waals surface area contributed by atoms with Crippen molar-refractivity contribution in [2.75, 3.05) is 32.8 Å². The van der Waals surface area contributed by atoms with Gasteiger partial charge in [-0.2, -0.15) is 0 Å². The van der Waals surface area contributed by atoms with E-state index in [1.54, 1.807) is 0 Å². The molecule has 0 amide bonds. The number of morpholine rings is 1. The van der Waals surface area contributed by atoms with E-state index in [-0.39, 0.29) is 5.54 Å². The van der Waals surface area contributed by atoms with Gasteiger partial charge in [-0.25, -0.2) is 10.4 Å². The third-order valence-corrected chi connectivity index (χ3v) is 4.03. The summed E-state index contributed by atoms with van der Waals surface area (Å²) in [7, 11) is 0. The van der Waals surface area contributed by atoms with E-state index in [4.69, 9.17) is 10.5 Å². The summed E-state index contributed by atoms with van der Waals surface area (Å²) in [5, 5.41) is 2.30. The number of nitrogens with one attached hydrogen (secondary N) is 1. The van der Waals surface area contributed by atoms with Crippen LogP contribution in [0.2, 0.25) is 0 Å². The Labute approximate surface area is 98.5 Å². The van der Waals surface area contributed by atoms with Crippen LogP contribution < -0.4 is 11.2 Å². The van der Waals surface area contributed by atoms with Crippen LogP contribution in [0.25, 0.3) is 0 Å². The van der Waals surface area contributed by atoms with E-state index in [1.807, 2.05) is 0 Å². The molecule has 94 valence electrons. The molecular formula is C12H25N3O. The first kappa shape index (κ1) is 12.3. The maximum absolute atomic E-state index is 5.98. The molecule has 4 heteroatoms. The summed E-state index contributed by atoms with van der Waals surface area (Å²) < 4.78 is 5.36. The van der Waals surface area contributed by atoms with Crippen molar-refractivity contribution in [1.29, 1.82) is 0 Å². The van der Waals surface area contributed by atoms with Crippen molar-refractivity contribution in [3.63, 3.8) is 0 Å². The molecule has 2 fully saturated rings. The first-order chi connectivity index (χ1) is 7.74. The molecule has 1 aliphatic carbocycles. The SMILES string of the molecule is CC1CCC(CN)(NN2CCOCC2)CC1.